The third-order valence-corrected chi connectivity index (χ3v) is 3.66. The quantitative estimate of drug-likeness (QED) is 0.725. The topological polar surface area (TPSA) is 26.3 Å². The average molecular weight is 232 g/mol. The number of methoxy groups -OCH3 is 1. The number of ether oxygens (including phenoxy) is 1. The van der Waals surface area contributed by atoms with Gasteiger partial charge in [0.25, 0.3) is 0 Å². The molecule has 1 aliphatic rings. The van der Waals surface area contributed by atoms with Crippen molar-refractivity contribution in [2.24, 2.45) is 0 Å². The number of benzene rings is 1. The van der Waals surface area contributed by atoms with Gasteiger partial charge in [-0.15, -0.1) is 0 Å². The van der Waals surface area contributed by atoms with Crippen LogP contribution in [0.2, 0.25) is 0 Å². The second-order valence-electron chi connectivity index (χ2n) is 4.93. The second-order valence-corrected chi connectivity index (χ2v) is 4.93. The lowest BCUT2D eigenvalue weighted by molar-refractivity contribution is 0.0792. The Morgan fingerprint density at radius 1 is 1.47 bits per heavy atom. The van der Waals surface area contributed by atoms with Gasteiger partial charge in [0.2, 0.25) is 0 Å². The molecule has 1 aromatic carbocycles. The molecule has 0 N–H and O–H groups in total. The first-order chi connectivity index (χ1) is 8.20. The van der Waals surface area contributed by atoms with Crippen molar-refractivity contribution < 1.29 is 9.53 Å². The van der Waals surface area contributed by atoms with Crippen LogP contribution in [0.25, 0.3) is 0 Å². The van der Waals surface area contributed by atoms with Gasteiger partial charge in [-0.1, -0.05) is 24.6 Å². The molecular formula is C15H20O2. The Labute approximate surface area is 103 Å². The fourth-order valence-corrected chi connectivity index (χ4v) is 2.17. The van der Waals surface area contributed by atoms with E-state index in [1.807, 2.05) is 19.1 Å². The van der Waals surface area contributed by atoms with Crippen LogP contribution in [0, 0.1) is 0 Å². The summed E-state index contributed by atoms with van der Waals surface area (Å²) in [4.78, 5) is 12.0. The Balaban J connectivity index is 2.07. The largest absolute Gasteiger partial charge is 0.381 e. The molecule has 1 atom stereocenters. The van der Waals surface area contributed by atoms with Crippen molar-refractivity contribution in [3.8, 4) is 0 Å². The Bertz CT molecular complexity index is 394. The summed E-state index contributed by atoms with van der Waals surface area (Å²) in [7, 11) is 1.64. The molecule has 2 nitrogen and oxygen atoms in total. The average Bonchev–Trinajstić information content (AvgIpc) is 2.27. The van der Waals surface area contributed by atoms with Crippen molar-refractivity contribution in [1.82, 2.24) is 0 Å². The van der Waals surface area contributed by atoms with Gasteiger partial charge in [0.05, 0.1) is 6.10 Å². The van der Waals surface area contributed by atoms with Gasteiger partial charge in [0, 0.05) is 19.1 Å². The molecule has 2 rings (SSSR count). The molecule has 92 valence electrons. The third kappa shape index (κ3) is 2.95. The van der Waals surface area contributed by atoms with Crippen LogP contribution in [0.5, 0.6) is 0 Å². The van der Waals surface area contributed by atoms with E-state index in [9.17, 15) is 4.79 Å². The first kappa shape index (κ1) is 12.3. The predicted octanol–water partition coefficient (Wildman–Crippen LogP) is 3.56. The van der Waals surface area contributed by atoms with E-state index < -0.39 is 0 Å². The highest BCUT2D eigenvalue weighted by molar-refractivity contribution is 5.96. The molecule has 0 aliphatic heterocycles. The smallest absolute Gasteiger partial charge is 0.165 e. The van der Waals surface area contributed by atoms with Gasteiger partial charge in [-0.3, -0.25) is 4.79 Å². The Kier molecular flexibility index (Phi) is 3.95. The van der Waals surface area contributed by atoms with Gasteiger partial charge in [-0.2, -0.15) is 0 Å². The SMILES string of the molecule is COC(C)CC(=O)c1cccc(C2CCC2)c1. The molecule has 0 aromatic heterocycles. The van der Waals surface area contributed by atoms with E-state index in [0.29, 0.717) is 12.3 Å². The molecule has 0 radical (unpaired) electrons. The van der Waals surface area contributed by atoms with E-state index in [0.717, 1.165) is 5.56 Å². The summed E-state index contributed by atoms with van der Waals surface area (Å²) < 4.78 is 5.13. The molecule has 1 aliphatic carbocycles. The van der Waals surface area contributed by atoms with Crippen molar-refractivity contribution in [2.75, 3.05) is 7.11 Å². The number of hydrogen-bond donors (Lipinski definition) is 0. The number of hydrogen-bond acceptors (Lipinski definition) is 2. The normalized spacial score (nSPS) is 17.5. The molecule has 1 unspecified atom stereocenters. The minimum absolute atomic E-state index is 0.00476. The summed E-state index contributed by atoms with van der Waals surface area (Å²) in [6.45, 7) is 1.92. The van der Waals surface area contributed by atoms with Gasteiger partial charge in [0.1, 0.15) is 0 Å². The fraction of sp³-hybridized carbons (Fsp3) is 0.533. The minimum atomic E-state index is -0.00476. The molecule has 17 heavy (non-hydrogen) atoms. The molecule has 1 aromatic rings. The van der Waals surface area contributed by atoms with E-state index in [-0.39, 0.29) is 11.9 Å². The molecule has 0 bridgehead atoms. The number of Topliss-reactive ketones (excluding diaryl/α,β-unsaturated/α-hetero) is 1. The van der Waals surface area contributed by atoms with Crippen LogP contribution < -0.4 is 0 Å². The van der Waals surface area contributed by atoms with E-state index in [1.165, 1.54) is 24.8 Å². The van der Waals surface area contributed by atoms with Crippen molar-refractivity contribution in [2.45, 2.75) is 44.6 Å². The summed E-state index contributed by atoms with van der Waals surface area (Å²) in [6.07, 6.45) is 4.32. The van der Waals surface area contributed by atoms with Gasteiger partial charge in [0.15, 0.2) is 5.78 Å². The highest BCUT2D eigenvalue weighted by Crippen LogP contribution is 2.36. The van der Waals surface area contributed by atoms with Crippen molar-refractivity contribution in [3.05, 3.63) is 35.4 Å². The van der Waals surface area contributed by atoms with Crippen LogP contribution in [0.15, 0.2) is 24.3 Å². The fourth-order valence-electron chi connectivity index (χ4n) is 2.17. The third-order valence-electron chi connectivity index (χ3n) is 3.66. The van der Waals surface area contributed by atoms with Crippen molar-refractivity contribution in [3.63, 3.8) is 0 Å². The number of carbonyl (C=O) groups excluding carboxylic acids is 1. The number of ketones is 1. The van der Waals surface area contributed by atoms with Crippen molar-refractivity contribution in [1.29, 1.82) is 0 Å². The predicted molar refractivity (Wildman–Crippen MR) is 68.5 cm³/mol. The summed E-state index contributed by atoms with van der Waals surface area (Å²) in [5, 5.41) is 0. The Morgan fingerprint density at radius 3 is 2.82 bits per heavy atom. The molecular weight excluding hydrogens is 212 g/mol. The zero-order chi connectivity index (χ0) is 12.3. The van der Waals surface area contributed by atoms with Gasteiger partial charge in [-0.05, 0) is 37.3 Å². The summed E-state index contributed by atoms with van der Waals surface area (Å²) in [5.41, 5.74) is 2.16. The summed E-state index contributed by atoms with van der Waals surface area (Å²) >= 11 is 0. The summed E-state index contributed by atoms with van der Waals surface area (Å²) in [5.74, 6) is 0.864. The van der Waals surface area contributed by atoms with Gasteiger partial charge < -0.3 is 4.74 Å². The maximum Gasteiger partial charge on any atom is 0.165 e. The zero-order valence-electron chi connectivity index (χ0n) is 10.6. The molecule has 1 fully saturated rings. The molecule has 0 amide bonds. The molecule has 0 saturated heterocycles. The lowest BCUT2D eigenvalue weighted by Gasteiger charge is -2.26. The lowest BCUT2D eigenvalue weighted by Crippen LogP contribution is -2.13. The van der Waals surface area contributed by atoms with Gasteiger partial charge in [-0.25, -0.2) is 0 Å². The minimum Gasteiger partial charge on any atom is -0.381 e. The molecule has 1 saturated carbocycles. The van der Waals surface area contributed by atoms with E-state index >= 15 is 0 Å². The Morgan fingerprint density at radius 2 is 2.24 bits per heavy atom. The van der Waals surface area contributed by atoms with Crippen LogP contribution in [0.4, 0.5) is 0 Å². The first-order valence-corrected chi connectivity index (χ1v) is 6.36. The Hall–Kier alpha value is -1.15. The zero-order valence-corrected chi connectivity index (χ0v) is 10.6. The summed E-state index contributed by atoms with van der Waals surface area (Å²) in [6, 6.07) is 8.11. The molecule has 0 spiro atoms. The first-order valence-electron chi connectivity index (χ1n) is 6.36. The van der Waals surface area contributed by atoms with Crippen LogP contribution in [-0.2, 0) is 4.74 Å². The second kappa shape index (κ2) is 5.46. The number of carbonyl (C=O) groups is 1. The van der Waals surface area contributed by atoms with E-state index in [2.05, 4.69) is 12.1 Å². The molecule has 0 heterocycles. The van der Waals surface area contributed by atoms with E-state index in [4.69, 9.17) is 4.74 Å². The number of rotatable bonds is 5. The highest BCUT2D eigenvalue weighted by atomic mass is 16.5. The molecule has 2 heteroatoms. The monoisotopic (exact) mass is 232 g/mol. The van der Waals surface area contributed by atoms with Crippen LogP contribution in [0.1, 0.15) is 54.4 Å². The standard InChI is InChI=1S/C15H20O2/c1-11(17-2)9-15(16)14-8-4-7-13(10-14)12-5-3-6-12/h4,7-8,10-12H,3,5-6,9H2,1-2H3. The van der Waals surface area contributed by atoms with Crippen molar-refractivity contribution >= 4 is 5.78 Å². The van der Waals surface area contributed by atoms with Crippen LogP contribution >= 0.6 is 0 Å². The van der Waals surface area contributed by atoms with E-state index in [1.54, 1.807) is 7.11 Å². The maximum absolute atomic E-state index is 12.0. The van der Waals surface area contributed by atoms with Crippen LogP contribution in [-0.4, -0.2) is 19.0 Å². The van der Waals surface area contributed by atoms with Crippen LogP contribution in [0.3, 0.4) is 0 Å². The highest BCUT2D eigenvalue weighted by Gasteiger charge is 2.20. The van der Waals surface area contributed by atoms with Gasteiger partial charge >= 0.3 is 0 Å². The maximum atomic E-state index is 12.0. The lowest BCUT2D eigenvalue weighted by atomic mass is 9.79.